The highest BCUT2D eigenvalue weighted by molar-refractivity contribution is 5.60. The number of anilines is 2. The summed E-state index contributed by atoms with van der Waals surface area (Å²) in [5.74, 6) is 0.139. The van der Waals surface area contributed by atoms with E-state index < -0.39 is 17.4 Å². The van der Waals surface area contributed by atoms with Crippen molar-refractivity contribution in [3.8, 4) is 0 Å². The van der Waals surface area contributed by atoms with Crippen molar-refractivity contribution in [1.29, 1.82) is 0 Å². The van der Waals surface area contributed by atoms with Crippen molar-refractivity contribution in [2.24, 2.45) is 7.05 Å². The van der Waals surface area contributed by atoms with Crippen LogP contribution in [0.4, 0.5) is 11.5 Å². The Bertz CT molecular complexity index is 577. The Balaban J connectivity index is 3.11. The normalized spacial score (nSPS) is 12.4. The Kier molecular flexibility index (Phi) is 6.48. The summed E-state index contributed by atoms with van der Waals surface area (Å²) < 4.78 is 2.44. The van der Waals surface area contributed by atoms with Gasteiger partial charge in [0.1, 0.15) is 11.5 Å². The van der Waals surface area contributed by atoms with Crippen LogP contribution >= 0.6 is 0 Å². The SMILES string of the molecule is CCCCn1c(N)c(NCC(O)CCC)c(=O)n(C)c1=O. The first kappa shape index (κ1) is 17.3. The fraction of sp³-hybridized carbons (Fsp3) is 0.714. The second-order valence-electron chi connectivity index (χ2n) is 5.24. The van der Waals surface area contributed by atoms with Crippen molar-refractivity contribution in [3.05, 3.63) is 20.8 Å². The Morgan fingerprint density at radius 2 is 1.95 bits per heavy atom. The highest BCUT2D eigenvalue weighted by Crippen LogP contribution is 2.12. The Morgan fingerprint density at radius 1 is 1.29 bits per heavy atom. The van der Waals surface area contributed by atoms with Crippen LogP contribution in [-0.2, 0) is 13.6 Å². The average molecular weight is 298 g/mol. The van der Waals surface area contributed by atoms with Gasteiger partial charge in [-0.25, -0.2) is 4.79 Å². The lowest BCUT2D eigenvalue weighted by Crippen LogP contribution is -2.41. The molecule has 0 saturated heterocycles. The molecule has 0 aliphatic heterocycles. The summed E-state index contributed by atoms with van der Waals surface area (Å²) >= 11 is 0. The molecule has 4 N–H and O–H groups in total. The predicted molar refractivity (Wildman–Crippen MR) is 84.7 cm³/mol. The van der Waals surface area contributed by atoms with Crippen molar-refractivity contribution >= 4 is 11.5 Å². The lowest BCUT2D eigenvalue weighted by molar-refractivity contribution is 0.176. The maximum Gasteiger partial charge on any atom is 0.332 e. The number of unbranched alkanes of at least 4 members (excludes halogenated alkanes) is 1. The molecule has 1 aromatic heterocycles. The van der Waals surface area contributed by atoms with Crippen LogP contribution in [0.3, 0.4) is 0 Å². The van der Waals surface area contributed by atoms with Gasteiger partial charge in [0.25, 0.3) is 5.56 Å². The molecular weight excluding hydrogens is 272 g/mol. The number of nitrogens with one attached hydrogen (secondary N) is 1. The van der Waals surface area contributed by atoms with Gasteiger partial charge in [0, 0.05) is 20.1 Å². The zero-order valence-corrected chi connectivity index (χ0v) is 13.1. The summed E-state index contributed by atoms with van der Waals surface area (Å²) in [6.07, 6.45) is 2.68. The molecule has 1 atom stereocenters. The van der Waals surface area contributed by atoms with Gasteiger partial charge < -0.3 is 16.2 Å². The number of aromatic nitrogens is 2. The van der Waals surface area contributed by atoms with Gasteiger partial charge in [-0.15, -0.1) is 0 Å². The first-order valence-corrected chi connectivity index (χ1v) is 7.45. The van der Waals surface area contributed by atoms with Crippen LogP contribution < -0.4 is 22.3 Å². The summed E-state index contributed by atoms with van der Waals surface area (Å²) in [4.78, 5) is 24.2. The minimum Gasteiger partial charge on any atom is -0.391 e. The van der Waals surface area contributed by atoms with Crippen molar-refractivity contribution in [2.45, 2.75) is 52.2 Å². The van der Waals surface area contributed by atoms with Gasteiger partial charge in [0.2, 0.25) is 0 Å². The minimum atomic E-state index is -0.546. The van der Waals surface area contributed by atoms with E-state index >= 15 is 0 Å². The lowest BCUT2D eigenvalue weighted by atomic mass is 10.2. The number of aliphatic hydroxyl groups excluding tert-OH is 1. The summed E-state index contributed by atoms with van der Waals surface area (Å²) in [6, 6.07) is 0. The number of aliphatic hydroxyl groups is 1. The molecule has 0 saturated carbocycles. The molecule has 0 aliphatic rings. The van der Waals surface area contributed by atoms with E-state index in [0.717, 1.165) is 23.8 Å². The quantitative estimate of drug-likeness (QED) is 0.648. The topological polar surface area (TPSA) is 102 Å². The fourth-order valence-electron chi connectivity index (χ4n) is 2.14. The molecular formula is C14H26N4O3. The maximum absolute atomic E-state index is 12.1. The van der Waals surface area contributed by atoms with Crippen molar-refractivity contribution in [2.75, 3.05) is 17.6 Å². The summed E-state index contributed by atoms with van der Waals surface area (Å²) in [5, 5.41) is 12.6. The number of nitrogens with zero attached hydrogens (tertiary/aromatic N) is 2. The second kappa shape index (κ2) is 7.87. The minimum absolute atomic E-state index is 0.139. The Hall–Kier alpha value is -1.76. The summed E-state index contributed by atoms with van der Waals surface area (Å²) in [7, 11) is 1.43. The van der Waals surface area contributed by atoms with E-state index in [1.807, 2.05) is 13.8 Å². The molecule has 120 valence electrons. The highest BCUT2D eigenvalue weighted by atomic mass is 16.3. The molecule has 0 spiro atoms. The Labute approximate surface area is 124 Å². The first-order chi connectivity index (χ1) is 9.93. The zero-order valence-electron chi connectivity index (χ0n) is 13.1. The molecule has 7 heteroatoms. The number of hydrogen-bond acceptors (Lipinski definition) is 5. The van der Waals surface area contributed by atoms with Gasteiger partial charge in [-0.3, -0.25) is 13.9 Å². The highest BCUT2D eigenvalue weighted by Gasteiger charge is 2.15. The molecule has 0 bridgehead atoms. The van der Waals surface area contributed by atoms with Crippen LogP contribution in [0.15, 0.2) is 9.59 Å². The van der Waals surface area contributed by atoms with Gasteiger partial charge in [-0.05, 0) is 12.8 Å². The average Bonchev–Trinajstić information content (AvgIpc) is 2.45. The molecule has 1 rings (SSSR count). The molecule has 1 heterocycles. The van der Waals surface area contributed by atoms with Gasteiger partial charge in [-0.2, -0.15) is 0 Å². The predicted octanol–water partition coefficient (Wildman–Crippen LogP) is 0.502. The molecule has 21 heavy (non-hydrogen) atoms. The molecule has 7 nitrogen and oxygen atoms in total. The monoisotopic (exact) mass is 298 g/mol. The molecule has 1 unspecified atom stereocenters. The van der Waals surface area contributed by atoms with Crippen LogP contribution in [0.25, 0.3) is 0 Å². The van der Waals surface area contributed by atoms with E-state index in [4.69, 9.17) is 5.73 Å². The van der Waals surface area contributed by atoms with E-state index in [9.17, 15) is 14.7 Å². The zero-order chi connectivity index (χ0) is 16.0. The largest absolute Gasteiger partial charge is 0.391 e. The van der Waals surface area contributed by atoms with Crippen LogP contribution in [0, 0.1) is 0 Å². The second-order valence-corrected chi connectivity index (χ2v) is 5.24. The molecule has 0 fully saturated rings. The summed E-state index contributed by atoms with van der Waals surface area (Å²) in [5.41, 5.74) is 5.27. The third-order valence-electron chi connectivity index (χ3n) is 3.45. The molecule has 0 aromatic carbocycles. The number of nitrogens with two attached hydrogens (primary N) is 1. The first-order valence-electron chi connectivity index (χ1n) is 7.45. The van der Waals surface area contributed by atoms with Gasteiger partial charge in [-0.1, -0.05) is 26.7 Å². The molecule has 0 radical (unpaired) electrons. The summed E-state index contributed by atoms with van der Waals surface area (Å²) in [6.45, 7) is 4.70. The van der Waals surface area contributed by atoms with Crippen LogP contribution in [0.1, 0.15) is 39.5 Å². The smallest absolute Gasteiger partial charge is 0.332 e. The van der Waals surface area contributed by atoms with E-state index in [0.29, 0.717) is 13.0 Å². The van der Waals surface area contributed by atoms with Gasteiger partial charge >= 0.3 is 5.69 Å². The Morgan fingerprint density at radius 3 is 2.52 bits per heavy atom. The van der Waals surface area contributed by atoms with Crippen LogP contribution in [-0.4, -0.2) is 26.9 Å². The standard InChI is InChI=1S/C14H26N4O3/c1-4-6-8-18-12(15)11(13(20)17(3)14(18)21)16-9-10(19)7-5-2/h10,16,19H,4-9,15H2,1-3H3. The van der Waals surface area contributed by atoms with E-state index in [1.54, 1.807) is 0 Å². The van der Waals surface area contributed by atoms with Crippen LogP contribution in [0.5, 0.6) is 0 Å². The lowest BCUT2D eigenvalue weighted by Gasteiger charge is -2.17. The van der Waals surface area contributed by atoms with Crippen LogP contribution in [0.2, 0.25) is 0 Å². The van der Waals surface area contributed by atoms with Crippen molar-refractivity contribution < 1.29 is 5.11 Å². The number of hydrogen-bond donors (Lipinski definition) is 3. The molecule has 0 amide bonds. The van der Waals surface area contributed by atoms with E-state index in [1.165, 1.54) is 11.6 Å². The van der Waals surface area contributed by atoms with Gasteiger partial charge in [0.15, 0.2) is 0 Å². The molecule has 1 aromatic rings. The number of rotatable bonds is 8. The fourth-order valence-corrected chi connectivity index (χ4v) is 2.14. The third kappa shape index (κ3) is 4.10. The molecule has 0 aliphatic carbocycles. The van der Waals surface area contributed by atoms with E-state index in [-0.39, 0.29) is 18.1 Å². The van der Waals surface area contributed by atoms with Gasteiger partial charge in [0.05, 0.1) is 6.10 Å². The van der Waals surface area contributed by atoms with E-state index in [2.05, 4.69) is 5.32 Å². The van der Waals surface area contributed by atoms with Crippen molar-refractivity contribution in [3.63, 3.8) is 0 Å². The maximum atomic E-state index is 12.1. The third-order valence-corrected chi connectivity index (χ3v) is 3.45. The number of nitrogen functional groups attached to an aromatic ring is 1. The van der Waals surface area contributed by atoms with Crippen molar-refractivity contribution in [1.82, 2.24) is 9.13 Å².